The Bertz CT molecular complexity index is 817. The van der Waals surface area contributed by atoms with Gasteiger partial charge in [-0.1, -0.05) is 0 Å². The Morgan fingerprint density at radius 2 is 2.13 bits per heavy atom. The summed E-state index contributed by atoms with van der Waals surface area (Å²) in [5, 5.41) is 15.1. The van der Waals surface area contributed by atoms with E-state index in [1.165, 1.54) is 0 Å². The van der Waals surface area contributed by atoms with Gasteiger partial charge in [-0.15, -0.1) is 10.2 Å². The monoisotopic (exact) mass is 315 g/mol. The molecule has 0 saturated heterocycles. The van der Waals surface area contributed by atoms with Crippen molar-refractivity contribution in [2.24, 2.45) is 0 Å². The van der Waals surface area contributed by atoms with Crippen molar-refractivity contribution in [2.75, 3.05) is 0 Å². The van der Waals surface area contributed by atoms with E-state index < -0.39 is 11.7 Å². The second-order valence-corrected chi connectivity index (χ2v) is 5.94. The molecule has 3 rings (SSSR count). The number of carbonyl (C=O) groups excluding carboxylic acids is 1. The van der Waals surface area contributed by atoms with Gasteiger partial charge in [0.25, 0.3) is 0 Å². The molecule has 0 bridgehead atoms. The van der Waals surface area contributed by atoms with Crippen LogP contribution in [0.1, 0.15) is 26.6 Å². The van der Waals surface area contributed by atoms with Crippen LogP contribution in [0.25, 0.3) is 17.1 Å². The average Bonchev–Trinajstić information content (AvgIpc) is 3.12. The van der Waals surface area contributed by atoms with E-state index in [0.29, 0.717) is 22.9 Å². The number of nitrogens with zero attached hydrogens (tertiary/aromatic N) is 4. The van der Waals surface area contributed by atoms with Gasteiger partial charge in [-0.05, 0) is 45.0 Å². The third-order valence-corrected chi connectivity index (χ3v) is 2.89. The fourth-order valence-electron chi connectivity index (χ4n) is 1.96. The van der Waals surface area contributed by atoms with Crippen molar-refractivity contribution in [1.29, 1.82) is 0 Å². The summed E-state index contributed by atoms with van der Waals surface area (Å²) in [5.74, 6) is 1.14. The van der Waals surface area contributed by atoms with Crippen LogP contribution in [0.15, 0.2) is 34.9 Å². The predicted octanol–water partition coefficient (Wildman–Crippen LogP) is 2.41. The lowest BCUT2D eigenvalue weighted by Gasteiger charge is -2.19. The molecule has 3 heterocycles. The molecule has 1 N–H and O–H groups in total. The van der Waals surface area contributed by atoms with Crippen LogP contribution in [0.3, 0.4) is 0 Å². The summed E-state index contributed by atoms with van der Waals surface area (Å²) in [5.41, 5.74) is 0.684. The van der Waals surface area contributed by atoms with Crippen LogP contribution in [0.5, 0.6) is 0 Å². The van der Waals surface area contributed by atoms with Crippen LogP contribution in [-0.4, -0.2) is 31.5 Å². The summed E-state index contributed by atoms with van der Waals surface area (Å²) < 4.78 is 12.1. The molecule has 0 saturated carbocycles. The molecule has 120 valence electrons. The van der Waals surface area contributed by atoms with E-state index in [-0.39, 0.29) is 6.54 Å². The smallest absolute Gasteiger partial charge is 0.408 e. The Morgan fingerprint density at radius 3 is 2.83 bits per heavy atom. The highest BCUT2D eigenvalue weighted by Gasteiger charge is 2.17. The summed E-state index contributed by atoms with van der Waals surface area (Å²) in [6, 6.07) is 7.19. The summed E-state index contributed by atoms with van der Waals surface area (Å²) >= 11 is 0. The van der Waals surface area contributed by atoms with E-state index in [2.05, 4.69) is 20.6 Å². The van der Waals surface area contributed by atoms with Gasteiger partial charge in [0.15, 0.2) is 17.2 Å². The second-order valence-electron chi connectivity index (χ2n) is 5.94. The molecule has 0 radical (unpaired) electrons. The molecule has 0 spiro atoms. The first-order chi connectivity index (χ1) is 10.9. The minimum Gasteiger partial charge on any atom is -0.463 e. The van der Waals surface area contributed by atoms with Crippen LogP contribution in [-0.2, 0) is 11.3 Å². The molecule has 0 aliphatic rings. The number of furan rings is 1. The lowest BCUT2D eigenvalue weighted by atomic mass is 10.2. The number of rotatable bonds is 3. The van der Waals surface area contributed by atoms with Crippen molar-refractivity contribution in [3.8, 4) is 11.5 Å². The van der Waals surface area contributed by atoms with E-state index in [4.69, 9.17) is 9.15 Å². The zero-order chi connectivity index (χ0) is 16.4. The second kappa shape index (κ2) is 5.71. The summed E-state index contributed by atoms with van der Waals surface area (Å²) in [7, 11) is 0. The van der Waals surface area contributed by atoms with Crippen molar-refractivity contribution in [3.05, 3.63) is 36.4 Å². The molecule has 0 unspecified atom stereocenters. The molecule has 0 atom stereocenters. The van der Waals surface area contributed by atoms with Gasteiger partial charge in [-0.2, -0.15) is 9.61 Å². The molecule has 0 aliphatic carbocycles. The number of nitrogens with one attached hydrogen (secondary N) is 1. The lowest BCUT2D eigenvalue weighted by molar-refractivity contribution is 0.0522. The molecule has 8 heteroatoms. The predicted molar refractivity (Wildman–Crippen MR) is 81.6 cm³/mol. The Labute approximate surface area is 132 Å². The van der Waals surface area contributed by atoms with Crippen LogP contribution < -0.4 is 5.32 Å². The van der Waals surface area contributed by atoms with Gasteiger partial charge < -0.3 is 14.5 Å². The first kappa shape index (κ1) is 15.0. The van der Waals surface area contributed by atoms with E-state index in [1.54, 1.807) is 49.7 Å². The summed E-state index contributed by atoms with van der Waals surface area (Å²) in [6.45, 7) is 5.56. The van der Waals surface area contributed by atoms with Gasteiger partial charge in [0.2, 0.25) is 0 Å². The number of fused-ring (bicyclic) bond motifs is 1. The molecule has 0 aromatic carbocycles. The summed E-state index contributed by atoms with van der Waals surface area (Å²) in [4.78, 5) is 11.7. The quantitative estimate of drug-likeness (QED) is 0.797. The van der Waals surface area contributed by atoms with Crippen molar-refractivity contribution in [3.63, 3.8) is 0 Å². The van der Waals surface area contributed by atoms with Gasteiger partial charge in [0.1, 0.15) is 11.3 Å². The Kier molecular flexibility index (Phi) is 3.73. The molecule has 0 fully saturated rings. The molecule has 3 aromatic rings. The Hall–Kier alpha value is -2.90. The van der Waals surface area contributed by atoms with E-state index in [0.717, 1.165) is 0 Å². The van der Waals surface area contributed by atoms with Crippen LogP contribution >= 0.6 is 0 Å². The normalized spacial score (nSPS) is 11.6. The molecule has 23 heavy (non-hydrogen) atoms. The van der Waals surface area contributed by atoms with Gasteiger partial charge in [-0.25, -0.2) is 4.79 Å². The number of carbonyl (C=O) groups is 1. The molecule has 8 nitrogen and oxygen atoms in total. The molecular weight excluding hydrogens is 298 g/mol. The van der Waals surface area contributed by atoms with Crippen molar-refractivity contribution in [2.45, 2.75) is 32.9 Å². The first-order valence-electron chi connectivity index (χ1n) is 7.14. The highest BCUT2D eigenvalue weighted by atomic mass is 16.6. The summed E-state index contributed by atoms with van der Waals surface area (Å²) in [6.07, 6.45) is 1.06. The minimum absolute atomic E-state index is 0.157. The topological polar surface area (TPSA) is 94.5 Å². The fourth-order valence-corrected chi connectivity index (χ4v) is 1.96. The average molecular weight is 315 g/mol. The van der Waals surface area contributed by atoms with E-state index >= 15 is 0 Å². The van der Waals surface area contributed by atoms with Gasteiger partial charge in [0, 0.05) is 0 Å². The highest BCUT2D eigenvalue weighted by molar-refractivity contribution is 5.67. The molecular formula is C15H17N5O3. The van der Waals surface area contributed by atoms with Gasteiger partial charge in [0.05, 0.1) is 12.8 Å². The molecule has 3 aromatic heterocycles. The maximum atomic E-state index is 11.7. The van der Waals surface area contributed by atoms with Crippen molar-refractivity contribution in [1.82, 2.24) is 25.1 Å². The largest absolute Gasteiger partial charge is 0.463 e. The van der Waals surface area contributed by atoms with Gasteiger partial charge in [-0.3, -0.25) is 0 Å². The van der Waals surface area contributed by atoms with Crippen LogP contribution in [0.2, 0.25) is 0 Å². The zero-order valence-corrected chi connectivity index (χ0v) is 13.1. The standard InChI is InChI=1S/C15H17N5O3/c1-15(2,3)23-14(21)16-9-13-18-17-12-7-6-10(19-20(12)13)11-5-4-8-22-11/h4-8H,9H2,1-3H3,(H,16,21). The third kappa shape index (κ3) is 3.47. The maximum absolute atomic E-state index is 11.7. The first-order valence-corrected chi connectivity index (χ1v) is 7.14. The highest BCUT2D eigenvalue weighted by Crippen LogP contribution is 2.17. The molecule has 1 amide bonds. The number of hydrogen-bond donors (Lipinski definition) is 1. The van der Waals surface area contributed by atoms with E-state index in [1.807, 2.05) is 6.07 Å². The number of ether oxygens (including phenoxy) is 1. The van der Waals surface area contributed by atoms with Crippen molar-refractivity contribution < 1.29 is 13.9 Å². The lowest BCUT2D eigenvalue weighted by Crippen LogP contribution is -2.32. The fraction of sp³-hybridized carbons (Fsp3) is 0.333. The SMILES string of the molecule is CC(C)(C)OC(=O)NCc1nnc2ccc(-c3ccco3)nn12. The maximum Gasteiger partial charge on any atom is 0.408 e. The van der Waals surface area contributed by atoms with Crippen molar-refractivity contribution >= 4 is 11.7 Å². The van der Waals surface area contributed by atoms with Crippen LogP contribution in [0, 0.1) is 0 Å². The Morgan fingerprint density at radius 1 is 1.30 bits per heavy atom. The third-order valence-electron chi connectivity index (χ3n) is 2.89. The van der Waals surface area contributed by atoms with Gasteiger partial charge >= 0.3 is 6.09 Å². The minimum atomic E-state index is -0.554. The van der Waals surface area contributed by atoms with E-state index in [9.17, 15) is 4.79 Å². The number of amides is 1. The zero-order valence-electron chi connectivity index (χ0n) is 13.1. The van der Waals surface area contributed by atoms with Crippen LogP contribution in [0.4, 0.5) is 4.79 Å². The molecule has 0 aliphatic heterocycles. The number of aromatic nitrogens is 4. The number of hydrogen-bond acceptors (Lipinski definition) is 6. The number of alkyl carbamates (subject to hydrolysis) is 1. The Balaban J connectivity index is 1.79.